The van der Waals surface area contributed by atoms with Gasteiger partial charge in [0.2, 0.25) is 0 Å². The largest absolute Gasteiger partial charge is 0.306 e. The fourth-order valence-corrected chi connectivity index (χ4v) is 1.92. The van der Waals surface area contributed by atoms with E-state index in [-0.39, 0.29) is 5.82 Å². The monoisotopic (exact) mass is 306 g/mol. The molecule has 4 heteroatoms. The minimum atomic E-state index is -0.297. The molecule has 2 aromatic rings. The molecule has 2 nitrogen and oxygen atoms in total. The molecule has 0 amide bonds. The second kappa shape index (κ2) is 6.31. The zero-order chi connectivity index (χ0) is 12.8. The highest BCUT2D eigenvalue weighted by Gasteiger charge is 2.02. The van der Waals surface area contributed by atoms with Crippen LogP contribution in [-0.4, -0.2) is 6.21 Å². The van der Waals surface area contributed by atoms with E-state index in [2.05, 4.69) is 26.5 Å². The molecule has 0 unspecified atom stereocenters. The van der Waals surface area contributed by atoms with E-state index < -0.39 is 0 Å². The molecule has 0 saturated heterocycles. The third-order valence-corrected chi connectivity index (χ3v) is 3.10. The summed E-state index contributed by atoms with van der Waals surface area (Å²) < 4.78 is 14.1. The van der Waals surface area contributed by atoms with Gasteiger partial charge in [-0.3, -0.25) is 0 Å². The van der Waals surface area contributed by atoms with Crippen LogP contribution >= 0.6 is 15.9 Å². The van der Waals surface area contributed by atoms with Crippen LogP contribution in [-0.2, 0) is 6.54 Å². The molecule has 0 spiro atoms. The molecule has 1 N–H and O–H groups in total. The predicted molar refractivity (Wildman–Crippen MR) is 75.0 cm³/mol. The Bertz CT molecular complexity index is 520. The summed E-state index contributed by atoms with van der Waals surface area (Å²) in [6.45, 7) is 0.614. The zero-order valence-electron chi connectivity index (χ0n) is 9.61. The predicted octanol–water partition coefficient (Wildman–Crippen LogP) is 3.71. The van der Waals surface area contributed by atoms with Crippen molar-refractivity contribution in [2.45, 2.75) is 6.54 Å². The van der Waals surface area contributed by atoms with Crippen molar-refractivity contribution in [3.63, 3.8) is 0 Å². The number of hydrogen-bond donors (Lipinski definition) is 1. The second-order valence-electron chi connectivity index (χ2n) is 3.71. The van der Waals surface area contributed by atoms with Crippen LogP contribution in [0.4, 0.5) is 4.39 Å². The first-order chi connectivity index (χ1) is 8.77. The molecule has 0 aliphatic rings. The van der Waals surface area contributed by atoms with Crippen molar-refractivity contribution < 1.29 is 4.39 Å². The fourth-order valence-electron chi connectivity index (χ4n) is 1.48. The standard InChI is InChI=1S/C14H12BrFN2/c15-13-7-4-8-14(16)12(13)10-18-17-9-11-5-2-1-3-6-11/h1-8,10,17H,9H2/b18-10+. The average Bonchev–Trinajstić information content (AvgIpc) is 2.38. The van der Waals surface area contributed by atoms with E-state index in [0.717, 1.165) is 5.56 Å². The summed E-state index contributed by atoms with van der Waals surface area (Å²) in [6, 6.07) is 14.7. The summed E-state index contributed by atoms with van der Waals surface area (Å²) in [5.74, 6) is -0.297. The van der Waals surface area contributed by atoms with Gasteiger partial charge in [-0.2, -0.15) is 5.10 Å². The van der Waals surface area contributed by atoms with Crippen LogP contribution in [0.5, 0.6) is 0 Å². The van der Waals surface area contributed by atoms with Gasteiger partial charge < -0.3 is 5.43 Å². The average molecular weight is 307 g/mol. The number of hydrogen-bond acceptors (Lipinski definition) is 2. The van der Waals surface area contributed by atoms with Crippen molar-refractivity contribution in [3.8, 4) is 0 Å². The van der Waals surface area contributed by atoms with Gasteiger partial charge in [0.15, 0.2) is 0 Å². The molecule has 0 saturated carbocycles. The molecule has 0 heterocycles. The van der Waals surface area contributed by atoms with Crippen molar-refractivity contribution in [2.24, 2.45) is 5.10 Å². The van der Waals surface area contributed by atoms with Gasteiger partial charge in [0, 0.05) is 10.0 Å². The number of nitrogens with one attached hydrogen (secondary N) is 1. The van der Waals surface area contributed by atoms with E-state index in [1.54, 1.807) is 12.1 Å². The number of benzene rings is 2. The maximum Gasteiger partial charge on any atom is 0.133 e. The molecule has 0 fully saturated rings. The van der Waals surface area contributed by atoms with Crippen molar-refractivity contribution in [1.82, 2.24) is 5.43 Å². The van der Waals surface area contributed by atoms with E-state index in [0.29, 0.717) is 16.6 Å². The molecular formula is C14H12BrFN2. The first-order valence-corrected chi connectivity index (χ1v) is 6.30. The molecule has 0 atom stereocenters. The molecule has 0 aliphatic carbocycles. The summed E-state index contributed by atoms with van der Waals surface area (Å²) in [5.41, 5.74) is 4.46. The van der Waals surface area contributed by atoms with Gasteiger partial charge in [-0.15, -0.1) is 0 Å². The third kappa shape index (κ3) is 3.40. The smallest absolute Gasteiger partial charge is 0.133 e. The van der Waals surface area contributed by atoms with Gasteiger partial charge in [0.25, 0.3) is 0 Å². The summed E-state index contributed by atoms with van der Waals surface area (Å²) in [6.07, 6.45) is 1.47. The Labute approximate surface area is 114 Å². The van der Waals surface area contributed by atoms with Gasteiger partial charge in [0.1, 0.15) is 5.82 Å². The number of nitrogens with zero attached hydrogens (tertiary/aromatic N) is 1. The molecule has 92 valence electrons. The van der Waals surface area contributed by atoms with Crippen molar-refractivity contribution >= 4 is 22.1 Å². The maximum atomic E-state index is 13.5. The van der Waals surface area contributed by atoms with E-state index in [1.807, 2.05) is 30.3 Å². The van der Waals surface area contributed by atoms with Crippen LogP contribution in [0.1, 0.15) is 11.1 Å². The summed E-state index contributed by atoms with van der Waals surface area (Å²) in [7, 11) is 0. The molecule has 2 aromatic carbocycles. The molecule has 0 bridgehead atoms. The van der Waals surface area contributed by atoms with Gasteiger partial charge in [-0.05, 0) is 17.7 Å². The third-order valence-electron chi connectivity index (χ3n) is 2.41. The van der Waals surface area contributed by atoms with Gasteiger partial charge in [0.05, 0.1) is 12.8 Å². The highest BCUT2D eigenvalue weighted by atomic mass is 79.9. The molecule has 18 heavy (non-hydrogen) atoms. The lowest BCUT2D eigenvalue weighted by Crippen LogP contribution is -2.05. The first kappa shape index (κ1) is 12.8. The van der Waals surface area contributed by atoms with Crippen molar-refractivity contribution in [1.29, 1.82) is 0 Å². The van der Waals surface area contributed by atoms with E-state index in [4.69, 9.17) is 0 Å². The van der Waals surface area contributed by atoms with Crippen molar-refractivity contribution in [2.75, 3.05) is 0 Å². The molecular weight excluding hydrogens is 295 g/mol. The number of rotatable bonds is 4. The van der Waals surface area contributed by atoms with Crippen LogP contribution < -0.4 is 5.43 Å². The lowest BCUT2D eigenvalue weighted by Gasteiger charge is -2.01. The lowest BCUT2D eigenvalue weighted by molar-refractivity contribution is 0.624. The van der Waals surface area contributed by atoms with Crippen LogP contribution in [0.15, 0.2) is 58.1 Å². The zero-order valence-corrected chi connectivity index (χ0v) is 11.2. The van der Waals surface area contributed by atoms with Crippen LogP contribution in [0.25, 0.3) is 0 Å². The van der Waals surface area contributed by atoms with Gasteiger partial charge in [-0.25, -0.2) is 4.39 Å². The van der Waals surface area contributed by atoms with Crippen LogP contribution in [0.3, 0.4) is 0 Å². The summed E-state index contributed by atoms with van der Waals surface area (Å²) >= 11 is 3.29. The Kier molecular flexibility index (Phi) is 4.47. The lowest BCUT2D eigenvalue weighted by atomic mass is 10.2. The molecule has 0 aliphatic heterocycles. The molecule has 0 radical (unpaired) electrons. The van der Waals surface area contributed by atoms with Crippen molar-refractivity contribution in [3.05, 3.63) is 69.9 Å². The number of hydrazone groups is 1. The highest BCUT2D eigenvalue weighted by Crippen LogP contribution is 2.17. The minimum absolute atomic E-state index is 0.297. The van der Waals surface area contributed by atoms with Gasteiger partial charge in [-0.1, -0.05) is 52.3 Å². The van der Waals surface area contributed by atoms with Gasteiger partial charge >= 0.3 is 0 Å². The van der Waals surface area contributed by atoms with E-state index >= 15 is 0 Å². The second-order valence-corrected chi connectivity index (χ2v) is 4.57. The Morgan fingerprint density at radius 3 is 2.61 bits per heavy atom. The highest BCUT2D eigenvalue weighted by molar-refractivity contribution is 9.10. The fraction of sp³-hybridized carbons (Fsp3) is 0.0714. The summed E-state index contributed by atoms with van der Waals surface area (Å²) in [4.78, 5) is 0. The Hall–Kier alpha value is -1.68. The number of halogens is 2. The molecule has 2 rings (SSSR count). The van der Waals surface area contributed by atoms with Crippen LogP contribution in [0, 0.1) is 5.82 Å². The van der Waals surface area contributed by atoms with E-state index in [9.17, 15) is 4.39 Å². The Morgan fingerprint density at radius 2 is 1.89 bits per heavy atom. The SMILES string of the molecule is Fc1cccc(Br)c1/C=N/NCc1ccccc1. The Morgan fingerprint density at radius 1 is 1.11 bits per heavy atom. The summed E-state index contributed by atoms with van der Waals surface area (Å²) in [5, 5.41) is 4.01. The van der Waals surface area contributed by atoms with Crippen LogP contribution in [0.2, 0.25) is 0 Å². The normalized spacial score (nSPS) is 10.8. The minimum Gasteiger partial charge on any atom is -0.306 e. The topological polar surface area (TPSA) is 24.4 Å². The maximum absolute atomic E-state index is 13.5. The Balaban J connectivity index is 1.96. The quantitative estimate of drug-likeness (QED) is 0.676. The molecule has 0 aromatic heterocycles. The van der Waals surface area contributed by atoms with E-state index in [1.165, 1.54) is 12.3 Å². The first-order valence-electron chi connectivity index (χ1n) is 5.51.